The van der Waals surface area contributed by atoms with Gasteiger partial charge in [-0.25, -0.2) is 0 Å². The van der Waals surface area contributed by atoms with Crippen LogP contribution in [-0.2, 0) is 0 Å². The molecule has 1 aliphatic heterocycles. The predicted molar refractivity (Wildman–Crippen MR) is 135 cm³/mol. The van der Waals surface area contributed by atoms with Gasteiger partial charge in [0.15, 0.2) is 0 Å². The summed E-state index contributed by atoms with van der Waals surface area (Å²) in [4.78, 5) is 4.80. The third-order valence-electron chi connectivity index (χ3n) is 6.17. The van der Waals surface area contributed by atoms with Gasteiger partial charge in [-0.15, -0.1) is 0 Å². The summed E-state index contributed by atoms with van der Waals surface area (Å²) in [5.41, 5.74) is 2.49. The second kappa shape index (κ2) is 13.7. The van der Waals surface area contributed by atoms with E-state index in [0.717, 1.165) is 48.8 Å². The molecule has 0 N–H and O–H groups in total. The molecular weight excluding hydrogens is 410 g/mol. The summed E-state index contributed by atoms with van der Waals surface area (Å²) in [6.07, 6.45) is 5.86. The molecule has 0 amide bonds. The first-order chi connectivity index (χ1) is 16.2. The molecule has 0 saturated carbocycles. The molecule has 0 aliphatic carbocycles. The zero-order valence-electron chi connectivity index (χ0n) is 20.1. The molecule has 2 aromatic rings. The molecule has 5 nitrogen and oxygen atoms in total. The third kappa shape index (κ3) is 8.24. The lowest BCUT2D eigenvalue weighted by Crippen LogP contribution is -2.33. The highest BCUT2D eigenvalue weighted by atomic mass is 16.5. The molecule has 0 atom stereocenters. The minimum atomic E-state index is 0.628. The first-order valence-corrected chi connectivity index (χ1v) is 12.2. The van der Waals surface area contributed by atoms with E-state index in [9.17, 15) is 5.26 Å². The smallest absolute Gasteiger partial charge is 0.119 e. The minimum absolute atomic E-state index is 0.628. The van der Waals surface area contributed by atoms with Crippen LogP contribution in [0.4, 0.5) is 0 Å². The normalized spacial score (nSPS) is 14.8. The molecule has 0 bridgehead atoms. The van der Waals surface area contributed by atoms with Crippen LogP contribution in [0.3, 0.4) is 0 Å². The lowest BCUT2D eigenvalue weighted by atomic mass is 10.0. The maximum absolute atomic E-state index is 9.68. The predicted octanol–water partition coefficient (Wildman–Crippen LogP) is 5.34. The van der Waals surface area contributed by atoms with Crippen molar-refractivity contribution in [2.24, 2.45) is 0 Å². The van der Waals surface area contributed by atoms with E-state index in [0.29, 0.717) is 18.8 Å². The molecule has 0 unspecified atom stereocenters. The summed E-state index contributed by atoms with van der Waals surface area (Å²) in [5.74, 6) is 1.70. The highest BCUT2D eigenvalue weighted by Crippen LogP contribution is 2.22. The molecule has 0 radical (unpaired) electrons. The molecule has 176 valence electrons. The van der Waals surface area contributed by atoms with E-state index in [2.05, 4.69) is 29.7 Å². The average molecular weight is 448 g/mol. The molecule has 1 heterocycles. The van der Waals surface area contributed by atoms with Crippen LogP contribution in [0.5, 0.6) is 11.5 Å². The van der Waals surface area contributed by atoms with Crippen LogP contribution in [-0.4, -0.2) is 62.3 Å². The number of likely N-dealkylation sites (tertiary alicyclic amines) is 1. The summed E-state index contributed by atoms with van der Waals surface area (Å²) in [6.45, 7) is 12.0. The number of hydrogen-bond acceptors (Lipinski definition) is 5. The van der Waals surface area contributed by atoms with Crippen molar-refractivity contribution < 1.29 is 9.47 Å². The Kier molecular flexibility index (Phi) is 10.3. The number of nitriles is 1. The molecule has 0 aromatic heterocycles. The second-order valence-electron chi connectivity index (χ2n) is 8.39. The van der Waals surface area contributed by atoms with E-state index in [1.54, 1.807) is 0 Å². The highest BCUT2D eigenvalue weighted by Gasteiger charge is 2.09. The van der Waals surface area contributed by atoms with Gasteiger partial charge in [-0.1, -0.05) is 32.4 Å². The van der Waals surface area contributed by atoms with Crippen molar-refractivity contribution in [1.82, 2.24) is 9.80 Å². The van der Waals surface area contributed by atoms with Crippen LogP contribution < -0.4 is 9.47 Å². The first kappa shape index (κ1) is 24.8. The Hall–Kier alpha value is -2.81. The molecule has 2 aromatic carbocycles. The second-order valence-corrected chi connectivity index (χ2v) is 8.39. The third-order valence-corrected chi connectivity index (χ3v) is 6.17. The van der Waals surface area contributed by atoms with E-state index in [4.69, 9.17) is 9.47 Å². The van der Waals surface area contributed by atoms with Gasteiger partial charge in [0.1, 0.15) is 24.7 Å². The largest absolute Gasteiger partial charge is 0.492 e. The van der Waals surface area contributed by atoms with Crippen LogP contribution in [0.2, 0.25) is 0 Å². The summed E-state index contributed by atoms with van der Waals surface area (Å²) in [6, 6.07) is 18.0. The first-order valence-electron chi connectivity index (χ1n) is 12.2. The summed E-state index contributed by atoms with van der Waals surface area (Å²) in [5, 5.41) is 9.68. The number of nitrogens with zero attached hydrogens (tertiary/aromatic N) is 3. The van der Waals surface area contributed by atoms with Crippen LogP contribution in [0.1, 0.15) is 44.2 Å². The maximum Gasteiger partial charge on any atom is 0.119 e. The Morgan fingerprint density at radius 1 is 0.909 bits per heavy atom. The molecule has 3 rings (SSSR count). The van der Waals surface area contributed by atoms with Crippen molar-refractivity contribution >= 4 is 11.6 Å². The zero-order valence-corrected chi connectivity index (χ0v) is 20.1. The van der Waals surface area contributed by atoms with Crippen molar-refractivity contribution in [3.63, 3.8) is 0 Å². The van der Waals surface area contributed by atoms with E-state index in [-0.39, 0.29) is 0 Å². The zero-order chi connectivity index (χ0) is 23.3. The monoisotopic (exact) mass is 447 g/mol. The van der Waals surface area contributed by atoms with E-state index >= 15 is 0 Å². The highest BCUT2D eigenvalue weighted by molar-refractivity contribution is 5.89. The summed E-state index contributed by atoms with van der Waals surface area (Å²) >= 11 is 0. The van der Waals surface area contributed by atoms with Crippen molar-refractivity contribution in [2.45, 2.75) is 33.1 Å². The van der Waals surface area contributed by atoms with Gasteiger partial charge in [0.05, 0.1) is 11.6 Å². The molecule has 1 fully saturated rings. The number of allylic oxidation sites excluding steroid dienone is 1. The molecule has 33 heavy (non-hydrogen) atoms. The van der Waals surface area contributed by atoms with Gasteiger partial charge in [0, 0.05) is 13.1 Å². The molecule has 5 heteroatoms. The van der Waals surface area contributed by atoms with Crippen LogP contribution in [0.25, 0.3) is 11.6 Å². The van der Waals surface area contributed by atoms with Crippen LogP contribution in [0.15, 0.2) is 48.5 Å². The number of rotatable bonds is 12. The number of hydrogen-bond donors (Lipinski definition) is 0. The fraction of sp³-hybridized carbons (Fsp3) is 0.464. The molecule has 0 spiro atoms. The lowest BCUT2D eigenvalue weighted by Gasteiger charge is -2.26. The topological polar surface area (TPSA) is 48.7 Å². The van der Waals surface area contributed by atoms with Crippen molar-refractivity contribution in [1.29, 1.82) is 5.26 Å². The van der Waals surface area contributed by atoms with Crippen LogP contribution >= 0.6 is 0 Å². The maximum atomic E-state index is 9.68. The fourth-order valence-corrected chi connectivity index (χ4v) is 4.05. The van der Waals surface area contributed by atoms with Crippen molar-refractivity contribution in [3.05, 3.63) is 59.7 Å². The number of piperidine rings is 1. The van der Waals surface area contributed by atoms with Gasteiger partial charge < -0.3 is 14.4 Å². The Morgan fingerprint density at radius 3 is 2.12 bits per heavy atom. The summed E-state index contributed by atoms with van der Waals surface area (Å²) < 4.78 is 11.8. The molecule has 1 saturated heterocycles. The van der Waals surface area contributed by atoms with E-state index in [1.807, 2.05) is 54.6 Å². The minimum Gasteiger partial charge on any atom is -0.492 e. The SMILES string of the molecule is CCN(CC)CCOc1ccc(/C(C#N)=C\c2ccc(OCCN3CCCCC3)cc2)cc1. The number of benzene rings is 2. The lowest BCUT2D eigenvalue weighted by molar-refractivity contribution is 0.183. The standard InChI is InChI=1S/C28H37N3O2/c1-3-30(4-2)18-20-32-28-14-10-25(11-15-28)26(23-29)22-24-8-12-27(13-9-24)33-21-19-31-16-6-5-7-17-31/h8-15,22H,3-7,16-21H2,1-2H3/b26-22-. The number of ether oxygens (including phenoxy) is 2. The molecular formula is C28H37N3O2. The quantitative estimate of drug-likeness (QED) is 0.325. The average Bonchev–Trinajstić information content (AvgIpc) is 2.87. The van der Waals surface area contributed by atoms with E-state index < -0.39 is 0 Å². The van der Waals surface area contributed by atoms with E-state index in [1.165, 1.54) is 32.4 Å². The Bertz CT molecular complexity index is 890. The van der Waals surface area contributed by atoms with Crippen LogP contribution in [0, 0.1) is 11.3 Å². The number of likely N-dealkylation sites (N-methyl/N-ethyl adjacent to an activating group) is 1. The van der Waals surface area contributed by atoms with Gasteiger partial charge in [-0.2, -0.15) is 5.26 Å². The van der Waals surface area contributed by atoms with Crippen molar-refractivity contribution in [2.75, 3.05) is 52.5 Å². The summed E-state index contributed by atoms with van der Waals surface area (Å²) in [7, 11) is 0. The van der Waals surface area contributed by atoms with Gasteiger partial charge in [-0.3, -0.25) is 4.90 Å². The molecule has 1 aliphatic rings. The Morgan fingerprint density at radius 2 is 1.52 bits per heavy atom. The fourth-order valence-electron chi connectivity index (χ4n) is 4.05. The Balaban J connectivity index is 1.51. The van der Waals surface area contributed by atoms with Gasteiger partial charge in [-0.05, 0) is 92.6 Å². The van der Waals surface area contributed by atoms with Gasteiger partial charge in [0.25, 0.3) is 0 Å². The van der Waals surface area contributed by atoms with Gasteiger partial charge >= 0.3 is 0 Å². The van der Waals surface area contributed by atoms with Crippen molar-refractivity contribution in [3.8, 4) is 17.6 Å². The Labute approximate surface area is 199 Å². The van der Waals surface area contributed by atoms with Gasteiger partial charge in [0.2, 0.25) is 0 Å².